The molecule has 0 radical (unpaired) electrons. The largest absolute Gasteiger partial charge is 0.308 e. The molecule has 0 saturated heterocycles. The minimum atomic E-state index is 0.538. The maximum Gasteiger partial charge on any atom is 0.161 e. The lowest BCUT2D eigenvalue weighted by Crippen LogP contribution is -2.11. The number of hydrazine groups is 1. The van der Waals surface area contributed by atoms with Crippen molar-refractivity contribution in [3.05, 3.63) is 36.3 Å². The summed E-state index contributed by atoms with van der Waals surface area (Å²) >= 11 is 0. The summed E-state index contributed by atoms with van der Waals surface area (Å²) in [6.07, 6.45) is 4.35. The maximum absolute atomic E-state index is 5.44. The van der Waals surface area contributed by atoms with Gasteiger partial charge in [-0.05, 0) is 24.5 Å². The minimum absolute atomic E-state index is 0.538. The Hall–Kier alpha value is -2.01. The van der Waals surface area contributed by atoms with Crippen molar-refractivity contribution in [2.75, 3.05) is 5.43 Å². The van der Waals surface area contributed by atoms with Gasteiger partial charge in [0.1, 0.15) is 5.82 Å². The standard InChI is InChI=1S/C13H17N5/c1-9(2)7-11-8-12(18-14)17-13(16-11)10-3-5-15-6-4-10/h3-6,8-9H,7,14H2,1-2H3,(H,16,17,18). The molecule has 2 rings (SSSR count). The Kier molecular flexibility index (Phi) is 3.84. The Morgan fingerprint density at radius 2 is 1.94 bits per heavy atom. The van der Waals surface area contributed by atoms with Gasteiger partial charge in [0.05, 0.1) is 0 Å². The molecule has 0 fully saturated rings. The Morgan fingerprint density at radius 1 is 1.22 bits per heavy atom. The van der Waals surface area contributed by atoms with Crippen molar-refractivity contribution in [2.24, 2.45) is 11.8 Å². The predicted molar refractivity (Wildman–Crippen MR) is 71.6 cm³/mol. The summed E-state index contributed by atoms with van der Waals surface area (Å²) in [5.74, 6) is 7.28. The van der Waals surface area contributed by atoms with Gasteiger partial charge in [-0.1, -0.05) is 13.8 Å². The van der Waals surface area contributed by atoms with Crippen LogP contribution in [0, 0.1) is 5.92 Å². The summed E-state index contributed by atoms with van der Waals surface area (Å²) in [5, 5.41) is 0. The van der Waals surface area contributed by atoms with Gasteiger partial charge in [-0.2, -0.15) is 0 Å². The fourth-order valence-corrected chi connectivity index (χ4v) is 1.72. The molecule has 0 saturated carbocycles. The molecule has 0 aliphatic carbocycles. The monoisotopic (exact) mass is 243 g/mol. The molecule has 5 heteroatoms. The first kappa shape index (κ1) is 12.4. The van der Waals surface area contributed by atoms with Crippen molar-refractivity contribution in [3.8, 4) is 11.4 Å². The van der Waals surface area contributed by atoms with E-state index in [1.807, 2.05) is 18.2 Å². The van der Waals surface area contributed by atoms with E-state index in [1.54, 1.807) is 12.4 Å². The van der Waals surface area contributed by atoms with E-state index in [9.17, 15) is 0 Å². The molecule has 94 valence electrons. The summed E-state index contributed by atoms with van der Waals surface area (Å²) in [7, 11) is 0. The number of nitrogen functional groups attached to an aromatic ring is 1. The Labute approximate surface area is 106 Å². The molecule has 2 aromatic heterocycles. The molecule has 0 aliphatic heterocycles. The van der Waals surface area contributed by atoms with E-state index in [-0.39, 0.29) is 0 Å². The summed E-state index contributed by atoms with van der Waals surface area (Å²) < 4.78 is 0. The summed E-state index contributed by atoms with van der Waals surface area (Å²) in [4.78, 5) is 12.9. The van der Waals surface area contributed by atoms with Crippen LogP contribution in [0.3, 0.4) is 0 Å². The molecule has 0 unspecified atom stereocenters. The second-order valence-electron chi connectivity index (χ2n) is 4.55. The maximum atomic E-state index is 5.44. The first-order chi connectivity index (χ1) is 8.69. The van der Waals surface area contributed by atoms with Crippen molar-refractivity contribution < 1.29 is 0 Å². The van der Waals surface area contributed by atoms with Gasteiger partial charge in [0, 0.05) is 29.7 Å². The molecule has 0 aliphatic rings. The molecular weight excluding hydrogens is 226 g/mol. The van der Waals surface area contributed by atoms with Crippen molar-refractivity contribution in [2.45, 2.75) is 20.3 Å². The van der Waals surface area contributed by atoms with Crippen LogP contribution in [0.5, 0.6) is 0 Å². The highest BCUT2D eigenvalue weighted by Crippen LogP contribution is 2.18. The van der Waals surface area contributed by atoms with E-state index in [2.05, 4.69) is 34.2 Å². The highest BCUT2D eigenvalue weighted by Gasteiger charge is 2.07. The molecule has 0 amide bonds. The zero-order valence-electron chi connectivity index (χ0n) is 10.6. The fourth-order valence-electron chi connectivity index (χ4n) is 1.72. The number of nitrogens with zero attached hydrogens (tertiary/aromatic N) is 3. The molecule has 2 aromatic rings. The van der Waals surface area contributed by atoms with E-state index in [4.69, 9.17) is 5.84 Å². The van der Waals surface area contributed by atoms with E-state index in [0.717, 1.165) is 17.7 Å². The van der Waals surface area contributed by atoms with Crippen molar-refractivity contribution in [3.63, 3.8) is 0 Å². The molecular formula is C13H17N5. The quantitative estimate of drug-likeness (QED) is 0.634. The molecule has 5 nitrogen and oxygen atoms in total. The van der Waals surface area contributed by atoms with Gasteiger partial charge >= 0.3 is 0 Å². The van der Waals surface area contributed by atoms with Crippen LogP contribution in [0.4, 0.5) is 5.82 Å². The van der Waals surface area contributed by atoms with Crippen LogP contribution in [0.25, 0.3) is 11.4 Å². The van der Waals surface area contributed by atoms with Crippen LogP contribution in [0.15, 0.2) is 30.6 Å². The average Bonchev–Trinajstić information content (AvgIpc) is 2.38. The lowest BCUT2D eigenvalue weighted by Gasteiger charge is -2.09. The van der Waals surface area contributed by atoms with E-state index in [0.29, 0.717) is 17.6 Å². The van der Waals surface area contributed by atoms with Gasteiger partial charge in [-0.3, -0.25) is 4.98 Å². The summed E-state index contributed by atoms with van der Waals surface area (Å²) in [5.41, 5.74) is 4.51. The summed E-state index contributed by atoms with van der Waals surface area (Å²) in [6.45, 7) is 4.31. The number of hydrogen-bond donors (Lipinski definition) is 2. The third-order valence-corrected chi connectivity index (χ3v) is 2.48. The normalized spacial score (nSPS) is 10.7. The van der Waals surface area contributed by atoms with E-state index >= 15 is 0 Å². The van der Waals surface area contributed by atoms with E-state index in [1.165, 1.54) is 0 Å². The SMILES string of the molecule is CC(C)Cc1cc(NN)nc(-c2ccncc2)n1. The van der Waals surface area contributed by atoms with Crippen molar-refractivity contribution in [1.82, 2.24) is 15.0 Å². The topological polar surface area (TPSA) is 76.7 Å². The van der Waals surface area contributed by atoms with Gasteiger partial charge in [0.25, 0.3) is 0 Å². The molecule has 0 aromatic carbocycles. The van der Waals surface area contributed by atoms with Crippen molar-refractivity contribution >= 4 is 5.82 Å². The lowest BCUT2D eigenvalue weighted by molar-refractivity contribution is 0.635. The lowest BCUT2D eigenvalue weighted by atomic mass is 10.1. The van der Waals surface area contributed by atoms with Crippen molar-refractivity contribution in [1.29, 1.82) is 0 Å². The van der Waals surface area contributed by atoms with E-state index < -0.39 is 0 Å². The van der Waals surface area contributed by atoms with Gasteiger partial charge in [-0.15, -0.1) is 0 Å². The highest BCUT2D eigenvalue weighted by molar-refractivity contribution is 5.56. The Balaban J connectivity index is 2.41. The average molecular weight is 243 g/mol. The van der Waals surface area contributed by atoms with Crippen LogP contribution in [-0.4, -0.2) is 15.0 Å². The van der Waals surface area contributed by atoms with Gasteiger partial charge in [-0.25, -0.2) is 15.8 Å². The molecule has 0 bridgehead atoms. The second-order valence-corrected chi connectivity index (χ2v) is 4.55. The zero-order chi connectivity index (χ0) is 13.0. The molecule has 0 spiro atoms. The number of aromatic nitrogens is 3. The number of hydrogen-bond acceptors (Lipinski definition) is 5. The number of nitrogens with one attached hydrogen (secondary N) is 1. The zero-order valence-corrected chi connectivity index (χ0v) is 10.6. The number of pyridine rings is 1. The van der Waals surface area contributed by atoms with Crippen LogP contribution in [0.1, 0.15) is 19.5 Å². The minimum Gasteiger partial charge on any atom is -0.308 e. The molecule has 2 heterocycles. The molecule has 18 heavy (non-hydrogen) atoms. The third-order valence-electron chi connectivity index (χ3n) is 2.48. The number of nitrogens with two attached hydrogens (primary N) is 1. The summed E-state index contributed by atoms with van der Waals surface area (Å²) in [6, 6.07) is 5.65. The van der Waals surface area contributed by atoms with Crippen LogP contribution >= 0.6 is 0 Å². The third kappa shape index (κ3) is 3.01. The second kappa shape index (κ2) is 5.55. The highest BCUT2D eigenvalue weighted by atomic mass is 15.3. The number of anilines is 1. The van der Waals surface area contributed by atoms with Gasteiger partial charge in [0.2, 0.25) is 0 Å². The Morgan fingerprint density at radius 3 is 2.56 bits per heavy atom. The van der Waals surface area contributed by atoms with Crippen LogP contribution in [-0.2, 0) is 6.42 Å². The van der Waals surface area contributed by atoms with Gasteiger partial charge < -0.3 is 5.43 Å². The Bertz CT molecular complexity index is 510. The first-order valence-corrected chi connectivity index (χ1v) is 5.94. The number of rotatable bonds is 4. The van der Waals surface area contributed by atoms with Crippen LogP contribution < -0.4 is 11.3 Å². The smallest absolute Gasteiger partial charge is 0.161 e. The van der Waals surface area contributed by atoms with Crippen LogP contribution in [0.2, 0.25) is 0 Å². The first-order valence-electron chi connectivity index (χ1n) is 5.94. The predicted octanol–water partition coefficient (Wildman–Crippen LogP) is 2.02. The molecule has 0 atom stereocenters. The molecule has 3 N–H and O–H groups in total. The fraction of sp³-hybridized carbons (Fsp3) is 0.308. The van der Waals surface area contributed by atoms with Gasteiger partial charge in [0.15, 0.2) is 5.82 Å².